The van der Waals surface area contributed by atoms with E-state index in [1.54, 1.807) is 17.0 Å². The van der Waals surface area contributed by atoms with Crippen molar-refractivity contribution >= 4 is 23.4 Å². The van der Waals surface area contributed by atoms with Crippen LogP contribution < -0.4 is 5.32 Å². The van der Waals surface area contributed by atoms with Crippen LogP contribution in [0.3, 0.4) is 0 Å². The van der Waals surface area contributed by atoms with Gasteiger partial charge in [-0.05, 0) is 44.0 Å². The molecule has 4 nitrogen and oxygen atoms in total. The Kier molecular flexibility index (Phi) is 7.64. The van der Waals surface area contributed by atoms with E-state index in [-0.39, 0.29) is 17.4 Å². The third-order valence-electron chi connectivity index (χ3n) is 4.34. The van der Waals surface area contributed by atoms with E-state index < -0.39 is 6.04 Å². The van der Waals surface area contributed by atoms with Crippen molar-refractivity contribution in [2.75, 3.05) is 0 Å². The van der Waals surface area contributed by atoms with Crippen LogP contribution in [0.15, 0.2) is 54.6 Å². The maximum Gasteiger partial charge on any atom is 0.243 e. The zero-order valence-corrected chi connectivity index (χ0v) is 17.8. The van der Waals surface area contributed by atoms with Gasteiger partial charge in [-0.3, -0.25) is 9.59 Å². The highest BCUT2D eigenvalue weighted by Gasteiger charge is 2.31. The quantitative estimate of drug-likeness (QED) is 0.738. The summed E-state index contributed by atoms with van der Waals surface area (Å²) in [6.45, 7) is 8.00. The molecule has 0 aliphatic rings. The molecule has 2 aromatic carbocycles. The zero-order valence-electron chi connectivity index (χ0n) is 17.0. The SMILES string of the molecule is CCC(=O)N(Cc1ccc(Cl)cc1)[C@H](Cc1ccccc1)C(=O)NC(C)(C)C. The van der Waals surface area contributed by atoms with Crippen LogP contribution in [0.5, 0.6) is 0 Å². The van der Waals surface area contributed by atoms with Gasteiger partial charge in [0.2, 0.25) is 11.8 Å². The molecule has 0 saturated carbocycles. The van der Waals surface area contributed by atoms with Gasteiger partial charge in [0.05, 0.1) is 0 Å². The fraction of sp³-hybridized carbons (Fsp3) is 0.391. The lowest BCUT2D eigenvalue weighted by Gasteiger charge is -2.33. The highest BCUT2D eigenvalue weighted by Crippen LogP contribution is 2.18. The van der Waals surface area contributed by atoms with Crippen molar-refractivity contribution in [3.05, 3.63) is 70.7 Å². The molecule has 2 aromatic rings. The molecule has 0 radical (unpaired) electrons. The Morgan fingerprint density at radius 3 is 2.14 bits per heavy atom. The molecule has 0 aliphatic carbocycles. The molecule has 0 bridgehead atoms. The van der Waals surface area contributed by atoms with E-state index in [9.17, 15) is 9.59 Å². The van der Waals surface area contributed by atoms with E-state index in [1.807, 2.05) is 70.2 Å². The van der Waals surface area contributed by atoms with E-state index in [0.717, 1.165) is 11.1 Å². The van der Waals surface area contributed by atoms with Crippen molar-refractivity contribution in [1.29, 1.82) is 0 Å². The molecule has 0 saturated heterocycles. The zero-order chi connectivity index (χ0) is 20.7. The number of carbonyl (C=O) groups excluding carboxylic acids is 2. The Labute approximate surface area is 172 Å². The van der Waals surface area contributed by atoms with Crippen LogP contribution >= 0.6 is 11.6 Å². The van der Waals surface area contributed by atoms with Crippen LogP contribution in [-0.4, -0.2) is 28.3 Å². The van der Waals surface area contributed by atoms with Gasteiger partial charge in [0.25, 0.3) is 0 Å². The van der Waals surface area contributed by atoms with Crippen LogP contribution in [0.25, 0.3) is 0 Å². The number of nitrogens with one attached hydrogen (secondary N) is 1. The molecule has 0 spiro atoms. The second-order valence-corrected chi connectivity index (χ2v) is 8.38. The summed E-state index contributed by atoms with van der Waals surface area (Å²) in [5.74, 6) is -0.202. The van der Waals surface area contributed by atoms with Crippen molar-refractivity contribution in [3.8, 4) is 0 Å². The van der Waals surface area contributed by atoms with Gasteiger partial charge in [0.15, 0.2) is 0 Å². The van der Waals surface area contributed by atoms with Crippen molar-refractivity contribution in [1.82, 2.24) is 10.2 Å². The molecule has 28 heavy (non-hydrogen) atoms. The second kappa shape index (κ2) is 9.74. The molecule has 1 N–H and O–H groups in total. The van der Waals surface area contributed by atoms with Crippen LogP contribution in [0.1, 0.15) is 45.2 Å². The Hall–Kier alpha value is -2.33. The Morgan fingerprint density at radius 1 is 1.00 bits per heavy atom. The summed E-state index contributed by atoms with van der Waals surface area (Å²) < 4.78 is 0. The number of amides is 2. The monoisotopic (exact) mass is 400 g/mol. The van der Waals surface area contributed by atoms with Gasteiger partial charge in [-0.2, -0.15) is 0 Å². The fourth-order valence-electron chi connectivity index (χ4n) is 3.00. The summed E-state index contributed by atoms with van der Waals surface area (Å²) in [4.78, 5) is 27.6. The molecular weight excluding hydrogens is 372 g/mol. The minimum absolute atomic E-state index is 0.0556. The van der Waals surface area contributed by atoms with Crippen LogP contribution in [0.4, 0.5) is 0 Å². The first-order valence-corrected chi connectivity index (χ1v) is 9.97. The highest BCUT2D eigenvalue weighted by atomic mass is 35.5. The molecule has 150 valence electrons. The molecular formula is C23H29ClN2O2. The number of nitrogens with zero attached hydrogens (tertiary/aromatic N) is 1. The third kappa shape index (κ3) is 6.68. The molecule has 0 heterocycles. The van der Waals surface area contributed by atoms with Crippen molar-refractivity contribution < 1.29 is 9.59 Å². The van der Waals surface area contributed by atoms with Crippen molar-refractivity contribution in [2.24, 2.45) is 0 Å². The molecule has 2 rings (SSSR count). The van der Waals surface area contributed by atoms with Gasteiger partial charge in [0.1, 0.15) is 6.04 Å². The van der Waals surface area contributed by atoms with Gasteiger partial charge < -0.3 is 10.2 Å². The first-order chi connectivity index (χ1) is 13.2. The lowest BCUT2D eigenvalue weighted by atomic mass is 10.0. The molecule has 1 atom stereocenters. The summed E-state index contributed by atoms with van der Waals surface area (Å²) in [5.41, 5.74) is 1.57. The molecule has 0 fully saturated rings. The third-order valence-corrected chi connectivity index (χ3v) is 4.59. The first-order valence-electron chi connectivity index (χ1n) is 9.59. The topological polar surface area (TPSA) is 49.4 Å². The standard InChI is InChI=1S/C23H29ClN2O2/c1-5-21(27)26(16-18-11-13-19(24)14-12-18)20(22(28)25-23(2,3)4)15-17-9-7-6-8-10-17/h6-14,20H,5,15-16H2,1-4H3,(H,25,28)/t20-/m1/s1. The molecule has 5 heteroatoms. The maximum absolute atomic E-state index is 13.1. The van der Waals surface area contributed by atoms with E-state index in [0.29, 0.717) is 24.4 Å². The maximum atomic E-state index is 13.1. The average molecular weight is 401 g/mol. The summed E-state index contributed by atoms with van der Waals surface area (Å²) in [6, 6.07) is 16.6. The normalized spacial score (nSPS) is 12.3. The molecule has 0 aliphatic heterocycles. The lowest BCUT2D eigenvalue weighted by molar-refractivity contribution is -0.141. The van der Waals surface area contributed by atoms with Crippen LogP contribution in [-0.2, 0) is 22.6 Å². The highest BCUT2D eigenvalue weighted by molar-refractivity contribution is 6.30. The van der Waals surface area contributed by atoms with Crippen LogP contribution in [0, 0.1) is 0 Å². The number of carbonyl (C=O) groups is 2. The summed E-state index contributed by atoms with van der Waals surface area (Å²) in [5, 5.41) is 3.68. The molecule has 0 aromatic heterocycles. The molecule has 2 amide bonds. The fourth-order valence-corrected chi connectivity index (χ4v) is 3.12. The van der Waals surface area contributed by atoms with Gasteiger partial charge in [-0.25, -0.2) is 0 Å². The van der Waals surface area contributed by atoms with Crippen LogP contribution in [0.2, 0.25) is 5.02 Å². The number of rotatable bonds is 7. The predicted molar refractivity (Wildman–Crippen MR) is 114 cm³/mol. The van der Waals surface area contributed by atoms with Gasteiger partial charge in [0, 0.05) is 29.9 Å². The van der Waals surface area contributed by atoms with E-state index in [2.05, 4.69) is 5.32 Å². The van der Waals surface area contributed by atoms with E-state index >= 15 is 0 Å². The second-order valence-electron chi connectivity index (χ2n) is 7.95. The summed E-state index contributed by atoms with van der Waals surface area (Å²) >= 11 is 5.99. The summed E-state index contributed by atoms with van der Waals surface area (Å²) in [7, 11) is 0. The average Bonchev–Trinajstić information content (AvgIpc) is 2.65. The Bertz CT molecular complexity index is 782. The number of halogens is 1. The largest absolute Gasteiger partial charge is 0.350 e. The minimum Gasteiger partial charge on any atom is -0.350 e. The Balaban J connectivity index is 2.36. The Morgan fingerprint density at radius 2 is 1.61 bits per heavy atom. The number of hydrogen-bond acceptors (Lipinski definition) is 2. The van der Waals surface area contributed by atoms with Crippen molar-refractivity contribution in [2.45, 2.75) is 58.7 Å². The predicted octanol–water partition coefficient (Wildman–Crippen LogP) is 4.60. The van der Waals surface area contributed by atoms with Gasteiger partial charge in [-0.15, -0.1) is 0 Å². The van der Waals surface area contributed by atoms with Gasteiger partial charge in [-0.1, -0.05) is 61.0 Å². The van der Waals surface area contributed by atoms with E-state index in [4.69, 9.17) is 11.6 Å². The summed E-state index contributed by atoms with van der Waals surface area (Å²) in [6.07, 6.45) is 0.795. The van der Waals surface area contributed by atoms with Crippen molar-refractivity contribution in [3.63, 3.8) is 0 Å². The van der Waals surface area contributed by atoms with Gasteiger partial charge >= 0.3 is 0 Å². The smallest absolute Gasteiger partial charge is 0.243 e. The lowest BCUT2D eigenvalue weighted by Crippen LogP contribution is -2.54. The first kappa shape index (κ1) is 22.0. The van der Waals surface area contributed by atoms with E-state index in [1.165, 1.54) is 0 Å². The number of hydrogen-bond donors (Lipinski definition) is 1. The minimum atomic E-state index is -0.593. The number of benzene rings is 2. The molecule has 0 unspecified atom stereocenters.